The zero-order valence-electron chi connectivity index (χ0n) is 18.1. The van der Waals surface area contributed by atoms with Crippen LogP contribution in [0.3, 0.4) is 0 Å². The second-order valence-corrected chi connectivity index (χ2v) is 9.03. The Labute approximate surface area is 166 Å². The highest BCUT2D eigenvalue weighted by atomic mass is 16.5. The van der Waals surface area contributed by atoms with Gasteiger partial charge in [0.1, 0.15) is 0 Å². The minimum Gasteiger partial charge on any atom is -0.465 e. The minimum atomic E-state index is -0.133. The third-order valence-electron chi connectivity index (χ3n) is 5.43. The monoisotopic (exact) mass is 382 g/mol. The number of carbonyl (C=O) groups excluding carboxylic acids is 2. The molecule has 1 fully saturated rings. The van der Waals surface area contributed by atoms with Gasteiger partial charge in [0.25, 0.3) is 0 Å². The number of unbranched alkanes of at least 4 members (excludes halogenated alkanes) is 3. The molecule has 0 aliphatic heterocycles. The molecule has 2 unspecified atom stereocenters. The molecule has 0 N–H and O–H groups in total. The van der Waals surface area contributed by atoms with Crippen molar-refractivity contribution in [3.8, 4) is 0 Å². The Bertz CT molecular complexity index is 417. The molecule has 0 aromatic carbocycles. The van der Waals surface area contributed by atoms with Crippen molar-refractivity contribution in [1.29, 1.82) is 0 Å². The first-order valence-electron chi connectivity index (χ1n) is 11.2. The van der Waals surface area contributed by atoms with Gasteiger partial charge in [-0.05, 0) is 50.4 Å². The molecule has 2 atom stereocenters. The highest BCUT2D eigenvalue weighted by Crippen LogP contribution is 2.31. The van der Waals surface area contributed by atoms with Crippen LogP contribution in [0.2, 0.25) is 0 Å². The van der Waals surface area contributed by atoms with Crippen LogP contribution in [0.15, 0.2) is 0 Å². The summed E-state index contributed by atoms with van der Waals surface area (Å²) in [5, 5.41) is 0. The lowest BCUT2D eigenvalue weighted by Crippen LogP contribution is -2.30. The van der Waals surface area contributed by atoms with Gasteiger partial charge in [-0.2, -0.15) is 0 Å². The van der Waals surface area contributed by atoms with Crippen molar-refractivity contribution in [1.82, 2.24) is 0 Å². The van der Waals surface area contributed by atoms with Crippen LogP contribution in [0.4, 0.5) is 0 Å². The van der Waals surface area contributed by atoms with Gasteiger partial charge in [0, 0.05) is 0 Å². The fraction of sp³-hybridized carbons (Fsp3) is 0.913. The van der Waals surface area contributed by atoms with Crippen molar-refractivity contribution in [2.24, 2.45) is 23.7 Å². The van der Waals surface area contributed by atoms with Gasteiger partial charge in [-0.15, -0.1) is 0 Å². The first-order valence-corrected chi connectivity index (χ1v) is 11.2. The van der Waals surface area contributed by atoms with Crippen molar-refractivity contribution in [3.05, 3.63) is 0 Å². The smallest absolute Gasteiger partial charge is 0.308 e. The van der Waals surface area contributed by atoms with Gasteiger partial charge < -0.3 is 9.47 Å². The van der Waals surface area contributed by atoms with Gasteiger partial charge in [0.15, 0.2) is 0 Å². The largest absolute Gasteiger partial charge is 0.465 e. The molecule has 0 heterocycles. The quantitative estimate of drug-likeness (QED) is 0.293. The van der Waals surface area contributed by atoms with E-state index < -0.39 is 0 Å². The van der Waals surface area contributed by atoms with Crippen LogP contribution >= 0.6 is 0 Å². The predicted molar refractivity (Wildman–Crippen MR) is 109 cm³/mol. The molecule has 1 aliphatic carbocycles. The maximum atomic E-state index is 12.3. The van der Waals surface area contributed by atoms with Crippen LogP contribution in [0.5, 0.6) is 0 Å². The van der Waals surface area contributed by atoms with E-state index in [-0.39, 0.29) is 23.8 Å². The van der Waals surface area contributed by atoms with E-state index in [4.69, 9.17) is 9.47 Å². The molecule has 27 heavy (non-hydrogen) atoms. The average Bonchev–Trinajstić information content (AvgIpc) is 2.63. The Balaban J connectivity index is 2.17. The van der Waals surface area contributed by atoms with Crippen LogP contribution < -0.4 is 0 Å². The molecular formula is C23H42O4. The summed E-state index contributed by atoms with van der Waals surface area (Å²) < 4.78 is 10.9. The van der Waals surface area contributed by atoms with E-state index in [0.29, 0.717) is 25.6 Å². The summed E-state index contributed by atoms with van der Waals surface area (Å²) in [6, 6.07) is 0. The first-order chi connectivity index (χ1) is 12.9. The van der Waals surface area contributed by atoms with Crippen LogP contribution in [0.1, 0.15) is 98.3 Å². The average molecular weight is 383 g/mol. The fourth-order valence-corrected chi connectivity index (χ4v) is 3.70. The second kappa shape index (κ2) is 14.0. The molecule has 0 amide bonds. The zero-order valence-corrected chi connectivity index (χ0v) is 18.1. The maximum absolute atomic E-state index is 12.3. The molecule has 0 aromatic rings. The van der Waals surface area contributed by atoms with Crippen molar-refractivity contribution >= 4 is 11.9 Å². The van der Waals surface area contributed by atoms with E-state index >= 15 is 0 Å². The molecular weight excluding hydrogens is 340 g/mol. The highest BCUT2D eigenvalue weighted by molar-refractivity contribution is 5.76. The fourth-order valence-electron chi connectivity index (χ4n) is 3.70. The number of carbonyl (C=O) groups is 2. The molecule has 1 saturated carbocycles. The summed E-state index contributed by atoms with van der Waals surface area (Å²) in [4.78, 5) is 24.6. The van der Waals surface area contributed by atoms with Gasteiger partial charge in [-0.1, -0.05) is 59.8 Å². The highest BCUT2D eigenvalue weighted by Gasteiger charge is 2.32. The lowest BCUT2D eigenvalue weighted by Gasteiger charge is -2.26. The molecule has 0 spiro atoms. The molecule has 4 heteroatoms. The Morgan fingerprint density at radius 1 is 0.741 bits per heavy atom. The Morgan fingerprint density at radius 2 is 1.22 bits per heavy atom. The van der Waals surface area contributed by atoms with Crippen molar-refractivity contribution < 1.29 is 19.1 Å². The summed E-state index contributed by atoms with van der Waals surface area (Å²) in [7, 11) is 0. The summed E-state index contributed by atoms with van der Waals surface area (Å²) in [6.07, 6.45) is 11.0. The molecule has 0 saturated heterocycles. The van der Waals surface area contributed by atoms with Gasteiger partial charge in [0.05, 0.1) is 25.0 Å². The Morgan fingerprint density at radius 3 is 1.78 bits per heavy atom. The Kier molecular flexibility index (Phi) is 12.4. The second-order valence-electron chi connectivity index (χ2n) is 9.03. The van der Waals surface area contributed by atoms with Crippen LogP contribution in [-0.2, 0) is 19.1 Å². The zero-order chi connectivity index (χ0) is 20.1. The van der Waals surface area contributed by atoms with Gasteiger partial charge in [-0.25, -0.2) is 0 Å². The van der Waals surface area contributed by atoms with Crippen molar-refractivity contribution in [2.75, 3.05) is 13.2 Å². The molecule has 0 aromatic heterocycles. The van der Waals surface area contributed by atoms with E-state index in [2.05, 4.69) is 27.7 Å². The number of hydrogen-bond donors (Lipinski definition) is 0. The SMILES string of the molecule is CC(C)CCCCCCOC(=O)C1CCCC(C(=O)OCCCC(C)C)C1. The lowest BCUT2D eigenvalue weighted by molar-refractivity contribution is -0.155. The number of esters is 2. The Hall–Kier alpha value is -1.06. The molecule has 0 bridgehead atoms. The summed E-state index contributed by atoms with van der Waals surface area (Å²) in [6.45, 7) is 9.86. The van der Waals surface area contributed by atoms with Crippen LogP contribution in [-0.4, -0.2) is 25.2 Å². The van der Waals surface area contributed by atoms with E-state index in [1.165, 1.54) is 19.3 Å². The van der Waals surface area contributed by atoms with E-state index in [1.807, 2.05) is 0 Å². The number of rotatable bonds is 13. The van der Waals surface area contributed by atoms with E-state index in [9.17, 15) is 9.59 Å². The van der Waals surface area contributed by atoms with Crippen LogP contribution in [0, 0.1) is 23.7 Å². The van der Waals surface area contributed by atoms with Gasteiger partial charge in [0.2, 0.25) is 0 Å². The minimum absolute atomic E-state index is 0.116. The molecule has 4 nitrogen and oxygen atoms in total. The van der Waals surface area contributed by atoms with Crippen molar-refractivity contribution in [3.63, 3.8) is 0 Å². The first kappa shape index (κ1) is 24.0. The maximum Gasteiger partial charge on any atom is 0.308 e. The standard InChI is InChI=1S/C23H42O4/c1-18(2)11-7-5-6-8-15-26-22(24)20-13-9-14-21(17-20)23(25)27-16-10-12-19(3)4/h18-21H,5-17H2,1-4H3. The summed E-state index contributed by atoms with van der Waals surface area (Å²) in [5.41, 5.74) is 0. The van der Waals surface area contributed by atoms with Gasteiger partial charge in [-0.3, -0.25) is 9.59 Å². The normalized spacial score (nSPS) is 20.1. The third kappa shape index (κ3) is 11.4. The summed E-state index contributed by atoms with van der Waals surface area (Å²) >= 11 is 0. The van der Waals surface area contributed by atoms with E-state index in [0.717, 1.165) is 50.9 Å². The molecule has 1 rings (SSSR count). The third-order valence-corrected chi connectivity index (χ3v) is 5.43. The predicted octanol–water partition coefficient (Wildman–Crippen LogP) is 5.92. The van der Waals surface area contributed by atoms with E-state index in [1.54, 1.807) is 0 Å². The summed E-state index contributed by atoms with van der Waals surface area (Å²) in [5.74, 6) is 0.895. The van der Waals surface area contributed by atoms with Gasteiger partial charge >= 0.3 is 11.9 Å². The number of ether oxygens (including phenoxy) is 2. The number of hydrogen-bond acceptors (Lipinski definition) is 4. The van der Waals surface area contributed by atoms with Crippen LogP contribution in [0.25, 0.3) is 0 Å². The van der Waals surface area contributed by atoms with Crippen molar-refractivity contribution in [2.45, 2.75) is 98.3 Å². The molecule has 1 aliphatic rings. The molecule has 0 radical (unpaired) electrons. The molecule has 158 valence electrons. The lowest BCUT2D eigenvalue weighted by atomic mass is 9.81. The topological polar surface area (TPSA) is 52.6 Å².